The molecule has 10 rings (SSSR count). The van der Waals surface area contributed by atoms with Crippen LogP contribution >= 0.6 is 38.6 Å². The Balaban J connectivity index is 0.000000122. The van der Waals surface area contributed by atoms with E-state index in [2.05, 4.69) is 93.6 Å². The van der Waals surface area contributed by atoms with Crippen molar-refractivity contribution in [2.24, 2.45) is 14.1 Å². The molecule has 2 aliphatic heterocycles. The van der Waals surface area contributed by atoms with Crippen LogP contribution in [0, 0.1) is 27.7 Å². The highest BCUT2D eigenvalue weighted by Crippen LogP contribution is 2.44. The molecule has 0 atom stereocenters. The van der Waals surface area contributed by atoms with Crippen molar-refractivity contribution in [1.29, 1.82) is 0 Å². The van der Waals surface area contributed by atoms with Crippen molar-refractivity contribution in [2.75, 3.05) is 11.1 Å². The summed E-state index contributed by atoms with van der Waals surface area (Å²) in [5, 5.41) is 27.0. The van der Waals surface area contributed by atoms with Crippen LogP contribution in [-0.2, 0) is 50.0 Å². The molecule has 16 heteroatoms. The highest BCUT2D eigenvalue weighted by Gasteiger charge is 2.28. The molecule has 0 spiro atoms. The zero-order chi connectivity index (χ0) is 35.6. The number of fused-ring (bicyclic) bond motifs is 6. The summed E-state index contributed by atoms with van der Waals surface area (Å²) < 4.78 is 20.8. The Kier molecular flexibility index (Phi) is 9.15. The van der Waals surface area contributed by atoms with Gasteiger partial charge in [0.2, 0.25) is 0 Å². The zero-order valence-corrected chi connectivity index (χ0v) is 32.9. The molecular formula is C35H42BrN11O2S2. The summed E-state index contributed by atoms with van der Waals surface area (Å²) in [6.45, 7) is 10.5. The van der Waals surface area contributed by atoms with Gasteiger partial charge in [-0.25, -0.2) is 0 Å². The van der Waals surface area contributed by atoms with Crippen molar-refractivity contribution in [3.63, 3.8) is 0 Å². The number of nitrogens with zero attached hydrogens (tertiary/aromatic N) is 9. The Morgan fingerprint density at radius 3 is 1.96 bits per heavy atom. The first kappa shape index (κ1) is 34.3. The summed E-state index contributed by atoms with van der Waals surface area (Å²) in [5.41, 5.74) is 11.8. The molecule has 0 bridgehead atoms. The number of nitrogens with two attached hydrogens (primary N) is 1. The summed E-state index contributed by atoms with van der Waals surface area (Å²) in [6.07, 6.45) is 7.46. The van der Waals surface area contributed by atoms with Crippen molar-refractivity contribution in [1.82, 2.24) is 43.9 Å². The summed E-state index contributed by atoms with van der Waals surface area (Å²) >= 11 is 7.13. The number of anilines is 3. The van der Waals surface area contributed by atoms with Crippen LogP contribution in [-0.4, -0.2) is 43.9 Å². The third-order valence-corrected chi connectivity index (χ3v) is 13.2. The summed E-state index contributed by atoms with van der Waals surface area (Å²) in [5.74, 6) is 6.94. The van der Waals surface area contributed by atoms with E-state index in [1.54, 1.807) is 27.4 Å². The zero-order valence-electron chi connectivity index (χ0n) is 29.7. The topological polar surface area (TPSA) is 141 Å². The molecule has 6 aromatic heterocycles. The lowest BCUT2D eigenvalue weighted by molar-refractivity contribution is 0.105. The molecule has 2 aliphatic carbocycles. The number of rotatable bonds is 4. The Bertz CT molecular complexity index is 2210. The highest BCUT2D eigenvalue weighted by molar-refractivity contribution is 9.10. The SMILES string of the molecule is Cc1sc2c(c1Br)COCc1nnc(C)n1-2.Cc1sc2c(c1Nc1cc(C3CC3)cn1C)COCc1nnc(C)n1-2.Cn1nc(C2CC2)cc1N. The van der Waals surface area contributed by atoms with E-state index in [0.29, 0.717) is 32.3 Å². The predicted molar refractivity (Wildman–Crippen MR) is 202 cm³/mol. The first-order chi connectivity index (χ1) is 24.6. The molecule has 6 aromatic rings. The van der Waals surface area contributed by atoms with Crippen LogP contribution in [0.4, 0.5) is 17.3 Å². The van der Waals surface area contributed by atoms with E-state index in [9.17, 15) is 0 Å². The Labute approximate surface area is 312 Å². The van der Waals surface area contributed by atoms with Crippen molar-refractivity contribution in [3.8, 4) is 10.0 Å². The minimum Gasteiger partial charge on any atom is -0.384 e. The number of nitrogens with one attached hydrogen (secondary N) is 1. The molecule has 0 radical (unpaired) electrons. The van der Waals surface area contributed by atoms with Gasteiger partial charge < -0.3 is 25.1 Å². The standard InChI is InChI=1S/C18H21N5OS.C10H10BrN3OS.C7H11N3/c1-10-17(19-15-6-13(7-22(15)3)12-4-5-12)14-8-24-9-16-21-20-11(2)23(16)18(14)25-10;1-5-9(11)7-3-15-4-8-13-12-6(2)14(8)10(7)16-5;1-10-7(8)4-6(9-10)5-2-3-5/h6-7,12,19H,4-5,8-9H2,1-3H3;3-4H2,1-2H3;4-5H,2-3,8H2,1H3. The number of thiophene rings is 2. The van der Waals surface area contributed by atoms with E-state index in [1.165, 1.54) is 67.8 Å². The summed E-state index contributed by atoms with van der Waals surface area (Å²) in [7, 11) is 3.98. The van der Waals surface area contributed by atoms with E-state index in [1.807, 2.05) is 27.0 Å². The van der Waals surface area contributed by atoms with Gasteiger partial charge in [0.15, 0.2) is 11.6 Å². The fourth-order valence-electron chi connectivity index (χ4n) is 6.50. The van der Waals surface area contributed by atoms with Crippen LogP contribution < -0.4 is 11.1 Å². The maximum absolute atomic E-state index is 5.87. The smallest absolute Gasteiger partial charge is 0.164 e. The van der Waals surface area contributed by atoms with Crippen LogP contribution in [0.25, 0.3) is 10.0 Å². The first-order valence-electron chi connectivity index (χ1n) is 17.2. The van der Waals surface area contributed by atoms with Gasteiger partial charge in [0.25, 0.3) is 0 Å². The van der Waals surface area contributed by atoms with Gasteiger partial charge in [-0.2, -0.15) is 5.10 Å². The maximum Gasteiger partial charge on any atom is 0.164 e. The molecule has 51 heavy (non-hydrogen) atoms. The molecule has 0 aromatic carbocycles. The van der Waals surface area contributed by atoms with Gasteiger partial charge >= 0.3 is 0 Å². The molecule has 0 saturated heterocycles. The van der Waals surface area contributed by atoms with Gasteiger partial charge in [0, 0.05) is 57.6 Å². The number of ether oxygens (including phenoxy) is 2. The fraction of sp³-hybridized carbons (Fsp3) is 0.457. The second-order valence-electron chi connectivity index (χ2n) is 13.6. The molecule has 2 saturated carbocycles. The third kappa shape index (κ3) is 6.67. The lowest BCUT2D eigenvalue weighted by Gasteiger charge is -2.10. The van der Waals surface area contributed by atoms with Crippen molar-refractivity contribution in [2.45, 2.75) is 91.6 Å². The third-order valence-electron chi connectivity index (χ3n) is 9.65. The average molecular weight is 793 g/mol. The maximum atomic E-state index is 5.87. The lowest BCUT2D eigenvalue weighted by Crippen LogP contribution is -2.02. The predicted octanol–water partition coefficient (Wildman–Crippen LogP) is 7.55. The second kappa shape index (κ2) is 13.6. The van der Waals surface area contributed by atoms with Gasteiger partial charge in [-0.15, -0.1) is 43.1 Å². The van der Waals surface area contributed by atoms with Crippen LogP contribution in [0.1, 0.15) is 93.0 Å². The molecular weight excluding hydrogens is 750 g/mol. The average Bonchev–Trinajstić information content (AvgIpc) is 3.98. The van der Waals surface area contributed by atoms with E-state index in [-0.39, 0.29) is 0 Å². The van der Waals surface area contributed by atoms with E-state index in [0.717, 1.165) is 51.0 Å². The van der Waals surface area contributed by atoms with Crippen molar-refractivity contribution < 1.29 is 9.47 Å². The van der Waals surface area contributed by atoms with Gasteiger partial charge in [-0.05, 0) is 86.9 Å². The number of hydrogen-bond donors (Lipinski definition) is 2. The molecule has 13 nitrogen and oxygen atoms in total. The molecule has 0 unspecified atom stereocenters. The minimum absolute atomic E-state index is 0.497. The normalized spacial score (nSPS) is 16.1. The number of halogens is 1. The van der Waals surface area contributed by atoms with Crippen LogP contribution in [0.15, 0.2) is 22.8 Å². The molecule has 4 aliphatic rings. The number of aromatic nitrogens is 9. The minimum atomic E-state index is 0.497. The molecule has 0 amide bonds. The quantitative estimate of drug-likeness (QED) is 0.185. The molecule has 8 heterocycles. The van der Waals surface area contributed by atoms with Gasteiger partial charge in [-0.3, -0.25) is 13.8 Å². The highest BCUT2D eigenvalue weighted by atomic mass is 79.9. The summed E-state index contributed by atoms with van der Waals surface area (Å²) in [6, 6.07) is 4.26. The van der Waals surface area contributed by atoms with E-state index < -0.39 is 0 Å². The van der Waals surface area contributed by atoms with Gasteiger partial charge in [0.05, 0.1) is 24.6 Å². The largest absolute Gasteiger partial charge is 0.384 e. The fourth-order valence-corrected chi connectivity index (χ4v) is 9.47. The molecule has 268 valence electrons. The second-order valence-corrected chi connectivity index (χ2v) is 16.8. The Morgan fingerprint density at radius 2 is 1.37 bits per heavy atom. The van der Waals surface area contributed by atoms with Crippen LogP contribution in [0.5, 0.6) is 0 Å². The monoisotopic (exact) mass is 791 g/mol. The van der Waals surface area contributed by atoms with E-state index >= 15 is 0 Å². The number of nitrogen functional groups attached to an aromatic ring is 1. The van der Waals surface area contributed by atoms with Crippen molar-refractivity contribution >= 4 is 55.9 Å². The summed E-state index contributed by atoms with van der Waals surface area (Å²) in [4.78, 5) is 2.51. The number of aryl methyl sites for hydroxylation is 6. The Hall–Kier alpha value is -3.83. The van der Waals surface area contributed by atoms with E-state index in [4.69, 9.17) is 15.2 Å². The lowest BCUT2D eigenvalue weighted by atomic mass is 10.2. The van der Waals surface area contributed by atoms with Gasteiger partial charge in [-0.1, -0.05) is 0 Å². The molecule has 2 fully saturated rings. The first-order valence-corrected chi connectivity index (χ1v) is 19.6. The number of hydrogen-bond acceptors (Lipinski definition) is 11. The molecule has 3 N–H and O–H groups in total. The van der Waals surface area contributed by atoms with Crippen LogP contribution in [0.3, 0.4) is 0 Å². The van der Waals surface area contributed by atoms with Crippen molar-refractivity contribution in [3.05, 3.63) is 78.2 Å². The van der Waals surface area contributed by atoms with Crippen LogP contribution in [0.2, 0.25) is 0 Å². The van der Waals surface area contributed by atoms with Gasteiger partial charge in [0.1, 0.15) is 46.5 Å². The Morgan fingerprint density at radius 1 is 0.784 bits per heavy atom.